The number of amides is 2. The van der Waals surface area contributed by atoms with Crippen LogP contribution in [0.1, 0.15) is 6.42 Å². The van der Waals surface area contributed by atoms with E-state index in [1.807, 2.05) is 11.9 Å². The van der Waals surface area contributed by atoms with E-state index in [9.17, 15) is 14.0 Å². The number of piperazine rings is 1. The monoisotopic (exact) mass is 524 g/mol. The molecule has 2 N–H and O–H groups in total. The number of likely N-dealkylation sites (N-methyl/N-ethyl adjacent to an activating group) is 1. The van der Waals surface area contributed by atoms with Crippen LogP contribution in [0, 0.1) is 5.82 Å². The zero-order chi connectivity index (χ0) is 25.9. The molecule has 1 aromatic carbocycles. The summed E-state index contributed by atoms with van der Waals surface area (Å²) < 4.78 is 20.5. The molecular weight excluding hydrogens is 499 g/mol. The summed E-state index contributed by atoms with van der Waals surface area (Å²) in [5, 5.41) is 6.45. The minimum atomic E-state index is -0.447. The summed E-state index contributed by atoms with van der Waals surface area (Å²) in [5.41, 5.74) is 2.46. The number of carbonyl (C=O) groups excluding carboxylic acids is 2. The topological polar surface area (TPSA) is 99.7 Å². The summed E-state index contributed by atoms with van der Waals surface area (Å²) in [6.45, 7) is 3.12. The summed E-state index contributed by atoms with van der Waals surface area (Å²) >= 11 is 6.12. The number of hydrogen-bond acceptors (Lipinski definition) is 7. The number of nitrogens with zero attached hydrogens (tertiary/aromatic N) is 4. The van der Waals surface area contributed by atoms with Gasteiger partial charge in [0.1, 0.15) is 12.4 Å². The fraction of sp³-hybridized carbons (Fsp3) is 0.308. The van der Waals surface area contributed by atoms with Crippen LogP contribution >= 0.6 is 11.6 Å². The molecule has 1 saturated heterocycles. The molecule has 0 aliphatic carbocycles. The van der Waals surface area contributed by atoms with Crippen molar-refractivity contribution in [2.24, 2.45) is 0 Å². The average molecular weight is 525 g/mol. The summed E-state index contributed by atoms with van der Waals surface area (Å²) in [6, 6.07) is 7.81. The molecule has 4 heterocycles. The molecule has 2 aromatic heterocycles. The first-order chi connectivity index (χ1) is 17.9. The molecule has 2 aliphatic rings. The van der Waals surface area contributed by atoms with E-state index >= 15 is 0 Å². The summed E-state index contributed by atoms with van der Waals surface area (Å²) in [7, 11) is 1.90. The van der Waals surface area contributed by atoms with Crippen molar-refractivity contribution in [2.45, 2.75) is 6.42 Å². The Bertz CT molecular complexity index is 1350. The Morgan fingerprint density at radius 3 is 2.92 bits per heavy atom. The van der Waals surface area contributed by atoms with Crippen molar-refractivity contribution in [3.8, 4) is 28.1 Å². The van der Waals surface area contributed by atoms with Crippen LogP contribution in [0.2, 0.25) is 5.02 Å². The van der Waals surface area contributed by atoms with Gasteiger partial charge in [0.15, 0.2) is 11.6 Å². The predicted molar refractivity (Wildman–Crippen MR) is 139 cm³/mol. The minimum absolute atomic E-state index is 0.0215. The van der Waals surface area contributed by atoms with Gasteiger partial charge in [-0.05, 0) is 37.4 Å². The van der Waals surface area contributed by atoms with Crippen molar-refractivity contribution >= 4 is 34.9 Å². The van der Waals surface area contributed by atoms with Crippen molar-refractivity contribution in [2.75, 3.05) is 57.0 Å². The Morgan fingerprint density at radius 2 is 2.08 bits per heavy atom. The molecule has 37 heavy (non-hydrogen) atoms. The first-order valence-corrected chi connectivity index (χ1v) is 12.3. The molecule has 0 saturated carbocycles. The molecule has 2 aliphatic heterocycles. The van der Waals surface area contributed by atoms with E-state index < -0.39 is 5.82 Å². The number of anilines is 2. The van der Waals surface area contributed by atoms with Crippen LogP contribution in [0.5, 0.6) is 5.75 Å². The average Bonchev–Trinajstić information content (AvgIpc) is 2.89. The van der Waals surface area contributed by atoms with Crippen molar-refractivity contribution in [3.05, 3.63) is 53.6 Å². The highest BCUT2D eigenvalue weighted by Crippen LogP contribution is 2.41. The number of aromatic nitrogens is 2. The van der Waals surface area contributed by atoms with Crippen LogP contribution < -0.4 is 15.4 Å². The van der Waals surface area contributed by atoms with Gasteiger partial charge in [0.2, 0.25) is 11.8 Å². The molecule has 0 atom stereocenters. The van der Waals surface area contributed by atoms with E-state index in [4.69, 9.17) is 16.3 Å². The maximum absolute atomic E-state index is 14.6. The predicted octanol–water partition coefficient (Wildman–Crippen LogP) is 3.51. The molecule has 5 rings (SSSR count). The minimum Gasteiger partial charge on any atom is -0.487 e. The summed E-state index contributed by atoms with van der Waals surface area (Å²) in [5.74, 6) is 0.369. The lowest BCUT2D eigenvalue weighted by Crippen LogP contribution is -2.49. The van der Waals surface area contributed by atoms with Crippen LogP contribution in [0.15, 0.2) is 42.7 Å². The number of carbonyl (C=O) groups is 2. The van der Waals surface area contributed by atoms with Crippen LogP contribution in [-0.4, -0.2) is 78.0 Å². The lowest BCUT2D eigenvalue weighted by atomic mass is 10.0. The highest BCUT2D eigenvalue weighted by atomic mass is 35.5. The Hall–Kier alpha value is -3.76. The van der Waals surface area contributed by atoms with Gasteiger partial charge < -0.3 is 20.3 Å². The number of halogens is 2. The van der Waals surface area contributed by atoms with Crippen molar-refractivity contribution < 1.29 is 18.7 Å². The second kappa shape index (κ2) is 10.7. The highest BCUT2D eigenvalue weighted by molar-refractivity contribution is 6.30. The number of ether oxygens (including phenoxy) is 1. The van der Waals surface area contributed by atoms with Crippen molar-refractivity contribution in [3.63, 3.8) is 0 Å². The fourth-order valence-corrected chi connectivity index (χ4v) is 4.52. The SMILES string of the molecule is CN1CCN(CCC(=O)Nc2cncc(-c3cc(-c4cc(Cl)ccc4F)nc4c3OCCN4)c2)C(=O)C1. The van der Waals surface area contributed by atoms with Gasteiger partial charge in [-0.15, -0.1) is 0 Å². The number of benzene rings is 1. The molecule has 3 aromatic rings. The van der Waals surface area contributed by atoms with E-state index in [0.29, 0.717) is 71.9 Å². The van der Waals surface area contributed by atoms with Gasteiger partial charge in [-0.2, -0.15) is 0 Å². The van der Waals surface area contributed by atoms with Gasteiger partial charge in [0, 0.05) is 54.0 Å². The van der Waals surface area contributed by atoms with E-state index in [0.717, 1.165) is 6.54 Å². The van der Waals surface area contributed by atoms with Crippen LogP contribution in [0.25, 0.3) is 22.4 Å². The molecule has 2 amide bonds. The molecule has 0 spiro atoms. The van der Waals surface area contributed by atoms with Gasteiger partial charge in [-0.1, -0.05) is 11.6 Å². The van der Waals surface area contributed by atoms with E-state index in [1.165, 1.54) is 18.2 Å². The molecular formula is C26H26ClFN6O3. The first kappa shape index (κ1) is 24.9. The fourth-order valence-electron chi connectivity index (χ4n) is 4.35. The zero-order valence-electron chi connectivity index (χ0n) is 20.3. The molecule has 9 nitrogen and oxygen atoms in total. The maximum atomic E-state index is 14.6. The van der Waals surface area contributed by atoms with E-state index in [2.05, 4.69) is 20.6 Å². The van der Waals surface area contributed by atoms with Gasteiger partial charge in [0.05, 0.1) is 30.7 Å². The van der Waals surface area contributed by atoms with E-state index in [1.54, 1.807) is 29.4 Å². The zero-order valence-corrected chi connectivity index (χ0v) is 21.0. The highest BCUT2D eigenvalue weighted by Gasteiger charge is 2.23. The number of fused-ring (bicyclic) bond motifs is 1. The second-order valence-electron chi connectivity index (χ2n) is 9.01. The lowest BCUT2D eigenvalue weighted by molar-refractivity contribution is -0.135. The third-order valence-corrected chi connectivity index (χ3v) is 6.50. The number of pyridine rings is 2. The first-order valence-electron chi connectivity index (χ1n) is 12.0. The summed E-state index contributed by atoms with van der Waals surface area (Å²) in [4.78, 5) is 37.3. The number of rotatable bonds is 6. The van der Waals surface area contributed by atoms with Crippen molar-refractivity contribution in [1.29, 1.82) is 0 Å². The molecule has 0 radical (unpaired) electrons. The van der Waals surface area contributed by atoms with Crippen LogP contribution in [-0.2, 0) is 9.59 Å². The molecule has 0 bridgehead atoms. The molecule has 11 heteroatoms. The molecule has 192 valence electrons. The molecule has 0 unspecified atom stereocenters. The Morgan fingerprint density at radius 1 is 1.22 bits per heavy atom. The Balaban J connectivity index is 1.38. The van der Waals surface area contributed by atoms with Gasteiger partial charge in [-0.3, -0.25) is 19.5 Å². The Labute approximate surface area is 218 Å². The second-order valence-corrected chi connectivity index (χ2v) is 9.45. The van der Waals surface area contributed by atoms with Gasteiger partial charge in [0.25, 0.3) is 0 Å². The third kappa shape index (κ3) is 5.65. The lowest BCUT2D eigenvalue weighted by Gasteiger charge is -2.31. The van der Waals surface area contributed by atoms with Crippen LogP contribution in [0.4, 0.5) is 15.9 Å². The third-order valence-electron chi connectivity index (χ3n) is 6.27. The quantitative estimate of drug-likeness (QED) is 0.509. The smallest absolute Gasteiger partial charge is 0.236 e. The maximum Gasteiger partial charge on any atom is 0.236 e. The van der Waals surface area contributed by atoms with Gasteiger partial charge >= 0.3 is 0 Å². The number of nitrogens with one attached hydrogen (secondary N) is 2. The summed E-state index contributed by atoms with van der Waals surface area (Å²) in [6.07, 6.45) is 3.37. The van der Waals surface area contributed by atoms with Crippen LogP contribution in [0.3, 0.4) is 0 Å². The normalized spacial score (nSPS) is 15.5. The Kier molecular flexibility index (Phi) is 7.20. The largest absolute Gasteiger partial charge is 0.487 e. The standard InChI is InChI=1S/C26H26ClFN6O3/c1-33-7-8-34(24(36)15-33)6-4-23(35)31-18-10-16(13-29-14-18)19-12-22(20-11-17(27)2-3-21(20)28)32-26-25(19)37-9-5-30-26/h2-3,10-14H,4-9,15H2,1H3,(H,30,32)(H,31,35). The van der Waals surface area contributed by atoms with Crippen molar-refractivity contribution in [1.82, 2.24) is 19.8 Å². The number of hydrogen-bond donors (Lipinski definition) is 2. The van der Waals surface area contributed by atoms with Gasteiger partial charge in [-0.25, -0.2) is 9.37 Å². The van der Waals surface area contributed by atoms with E-state index in [-0.39, 0.29) is 23.8 Å². The molecule has 1 fully saturated rings.